The molecule has 2 atom stereocenters. The summed E-state index contributed by atoms with van der Waals surface area (Å²) < 4.78 is 55.4. The Kier molecular flexibility index (Phi) is 11.3. The third kappa shape index (κ3) is 9.10. The van der Waals surface area contributed by atoms with Crippen molar-refractivity contribution in [2.45, 2.75) is 50.2 Å². The van der Waals surface area contributed by atoms with Crippen LogP contribution in [0.5, 0.6) is 23.0 Å². The van der Waals surface area contributed by atoms with Gasteiger partial charge in [-0.1, -0.05) is 26.0 Å². The first kappa shape index (κ1) is 32.1. The minimum atomic E-state index is -4.05. The van der Waals surface area contributed by atoms with Gasteiger partial charge >= 0.3 is 6.09 Å². The Bertz CT molecular complexity index is 1410. The second-order valence-electron chi connectivity index (χ2n) is 10.6. The van der Waals surface area contributed by atoms with Crippen LogP contribution < -0.4 is 30.0 Å². The molecule has 3 aromatic rings. The SMILES string of the molecule is CC(C)CN(C[C@@H](O)[C@H](Cc1ccc(OCCCCN)cc1)NC(=O)Oc1ccoc1)S(=O)(=O)c1ccc2c(c1)OCO2. The van der Waals surface area contributed by atoms with E-state index >= 15 is 0 Å². The summed E-state index contributed by atoms with van der Waals surface area (Å²) in [6.45, 7) is 4.77. The average Bonchev–Trinajstić information content (AvgIpc) is 3.67. The maximum absolute atomic E-state index is 13.8. The molecule has 0 aliphatic carbocycles. The molecule has 0 unspecified atom stereocenters. The summed E-state index contributed by atoms with van der Waals surface area (Å²) in [7, 11) is -4.05. The number of fused-ring (bicyclic) bond motifs is 1. The van der Waals surface area contributed by atoms with Gasteiger partial charge in [0.2, 0.25) is 16.8 Å². The molecule has 13 heteroatoms. The lowest BCUT2D eigenvalue weighted by Gasteiger charge is -2.30. The Hall–Kier alpha value is -3.78. The molecule has 4 rings (SSSR count). The number of benzene rings is 2. The predicted molar refractivity (Wildman–Crippen MR) is 158 cm³/mol. The molecular formula is C30H39N3O9S. The number of amides is 1. The fourth-order valence-electron chi connectivity index (χ4n) is 4.49. The molecule has 1 aliphatic rings. The molecule has 1 aromatic heterocycles. The Morgan fingerprint density at radius 3 is 2.51 bits per heavy atom. The fraction of sp³-hybridized carbons (Fsp3) is 0.433. The predicted octanol–water partition coefficient (Wildman–Crippen LogP) is 3.53. The van der Waals surface area contributed by atoms with Gasteiger partial charge in [0.1, 0.15) is 12.0 Å². The van der Waals surface area contributed by atoms with Crippen LogP contribution in [0.1, 0.15) is 32.3 Å². The molecular weight excluding hydrogens is 578 g/mol. The second kappa shape index (κ2) is 15.1. The Balaban J connectivity index is 1.52. The molecule has 0 spiro atoms. The number of rotatable bonds is 16. The number of furan rings is 1. The highest BCUT2D eigenvalue weighted by atomic mass is 32.2. The zero-order valence-electron chi connectivity index (χ0n) is 24.3. The monoisotopic (exact) mass is 617 g/mol. The van der Waals surface area contributed by atoms with Gasteiger partial charge in [0.15, 0.2) is 17.2 Å². The number of carbonyl (C=O) groups is 1. The first-order valence-corrected chi connectivity index (χ1v) is 15.6. The van der Waals surface area contributed by atoms with E-state index in [1.807, 2.05) is 26.0 Å². The number of aliphatic hydroxyl groups is 1. The zero-order chi connectivity index (χ0) is 30.8. The van der Waals surface area contributed by atoms with E-state index in [1.54, 1.807) is 18.2 Å². The van der Waals surface area contributed by atoms with E-state index in [9.17, 15) is 18.3 Å². The standard InChI is InChI=1S/C30H39N3O9S/c1-21(2)17-33(43(36,37)25-9-10-28-29(16-25)41-20-40-28)18-27(34)26(32-30(35)42-24-11-14-38-19-24)15-22-5-7-23(8-6-22)39-13-4-3-12-31/h5-11,14,16,19,21,26-27,34H,3-4,12-13,15,17-18,20,31H2,1-2H3,(H,32,35)/t26-,27+/m0/s1. The Morgan fingerprint density at radius 2 is 1.81 bits per heavy atom. The molecule has 0 saturated heterocycles. The van der Waals surface area contributed by atoms with E-state index < -0.39 is 28.3 Å². The summed E-state index contributed by atoms with van der Waals surface area (Å²) in [6.07, 6.45) is 2.41. The Labute approximate surface area is 251 Å². The number of unbranched alkanes of at least 4 members (excludes halogenated alkanes) is 1. The van der Waals surface area contributed by atoms with E-state index in [1.165, 1.54) is 35.0 Å². The topological polar surface area (TPSA) is 163 Å². The number of nitrogens with zero attached hydrogens (tertiary/aromatic N) is 1. The molecule has 0 saturated carbocycles. The number of nitrogens with two attached hydrogens (primary N) is 1. The number of sulfonamides is 1. The van der Waals surface area contributed by atoms with Crippen LogP contribution in [0.4, 0.5) is 4.79 Å². The van der Waals surface area contributed by atoms with Gasteiger partial charge in [0, 0.05) is 25.2 Å². The van der Waals surface area contributed by atoms with Crippen molar-refractivity contribution in [2.75, 3.05) is 33.0 Å². The fourth-order valence-corrected chi connectivity index (χ4v) is 6.13. The van der Waals surface area contributed by atoms with Crippen molar-refractivity contribution in [2.24, 2.45) is 11.7 Å². The van der Waals surface area contributed by atoms with Gasteiger partial charge in [-0.15, -0.1) is 0 Å². The molecule has 0 fully saturated rings. The average molecular weight is 618 g/mol. The summed E-state index contributed by atoms with van der Waals surface area (Å²) in [4.78, 5) is 12.8. The van der Waals surface area contributed by atoms with Gasteiger partial charge in [-0.05, 0) is 61.6 Å². The number of carbonyl (C=O) groups excluding carboxylic acids is 1. The maximum atomic E-state index is 13.8. The van der Waals surface area contributed by atoms with Gasteiger partial charge in [-0.3, -0.25) is 0 Å². The maximum Gasteiger partial charge on any atom is 0.413 e. The van der Waals surface area contributed by atoms with Gasteiger partial charge in [0.25, 0.3) is 0 Å². The van der Waals surface area contributed by atoms with E-state index in [4.69, 9.17) is 29.1 Å². The van der Waals surface area contributed by atoms with Crippen LogP contribution in [0.25, 0.3) is 0 Å². The number of aliphatic hydroxyl groups excluding tert-OH is 1. The summed E-state index contributed by atoms with van der Waals surface area (Å²) in [5.41, 5.74) is 6.32. The third-order valence-electron chi connectivity index (χ3n) is 6.66. The summed E-state index contributed by atoms with van der Waals surface area (Å²) in [6, 6.07) is 12.2. The zero-order valence-corrected chi connectivity index (χ0v) is 25.1. The highest BCUT2D eigenvalue weighted by Gasteiger charge is 2.32. The first-order chi connectivity index (χ1) is 20.7. The van der Waals surface area contributed by atoms with Crippen molar-refractivity contribution >= 4 is 16.1 Å². The highest BCUT2D eigenvalue weighted by molar-refractivity contribution is 7.89. The molecule has 12 nitrogen and oxygen atoms in total. The molecule has 234 valence electrons. The summed E-state index contributed by atoms with van der Waals surface area (Å²) in [5.74, 6) is 1.61. The minimum absolute atomic E-state index is 0.00975. The molecule has 2 aromatic carbocycles. The largest absolute Gasteiger partial charge is 0.494 e. The van der Waals surface area contributed by atoms with Crippen LogP contribution in [0.3, 0.4) is 0 Å². The number of hydrogen-bond donors (Lipinski definition) is 3. The molecule has 4 N–H and O–H groups in total. The van der Waals surface area contributed by atoms with Crippen molar-refractivity contribution in [3.05, 3.63) is 66.6 Å². The lowest BCUT2D eigenvalue weighted by molar-refractivity contribution is 0.0991. The van der Waals surface area contributed by atoms with E-state index in [-0.39, 0.29) is 42.9 Å². The lowest BCUT2D eigenvalue weighted by atomic mass is 10.0. The van der Waals surface area contributed by atoms with Gasteiger partial charge < -0.3 is 39.5 Å². The van der Waals surface area contributed by atoms with Crippen molar-refractivity contribution in [3.8, 4) is 23.0 Å². The number of hydrogen-bond acceptors (Lipinski definition) is 10. The molecule has 43 heavy (non-hydrogen) atoms. The van der Waals surface area contributed by atoms with Crippen molar-refractivity contribution < 1.29 is 41.7 Å². The number of ether oxygens (including phenoxy) is 4. The third-order valence-corrected chi connectivity index (χ3v) is 8.49. The van der Waals surface area contributed by atoms with Crippen LogP contribution in [0, 0.1) is 5.92 Å². The first-order valence-electron chi connectivity index (χ1n) is 14.2. The van der Waals surface area contributed by atoms with E-state index in [0.717, 1.165) is 18.4 Å². The van der Waals surface area contributed by atoms with Crippen molar-refractivity contribution in [1.82, 2.24) is 9.62 Å². The molecule has 1 aliphatic heterocycles. The van der Waals surface area contributed by atoms with E-state index in [0.29, 0.717) is 30.4 Å². The van der Waals surface area contributed by atoms with Crippen molar-refractivity contribution in [3.63, 3.8) is 0 Å². The van der Waals surface area contributed by atoms with Gasteiger partial charge in [0.05, 0.1) is 29.9 Å². The summed E-state index contributed by atoms with van der Waals surface area (Å²) in [5, 5.41) is 14.1. The van der Waals surface area contributed by atoms with Crippen LogP contribution in [-0.4, -0.2) is 69.1 Å². The molecule has 0 radical (unpaired) electrons. The van der Waals surface area contributed by atoms with Gasteiger partial charge in [-0.25, -0.2) is 13.2 Å². The van der Waals surface area contributed by atoms with Crippen LogP contribution in [0.15, 0.2) is 70.4 Å². The normalized spacial score (nSPS) is 14.1. The van der Waals surface area contributed by atoms with Crippen LogP contribution in [-0.2, 0) is 16.4 Å². The molecule has 1 amide bonds. The van der Waals surface area contributed by atoms with Crippen molar-refractivity contribution in [1.29, 1.82) is 0 Å². The lowest BCUT2D eigenvalue weighted by Crippen LogP contribution is -2.51. The number of nitrogens with one attached hydrogen (secondary N) is 1. The molecule has 2 heterocycles. The quantitative estimate of drug-likeness (QED) is 0.203. The smallest absolute Gasteiger partial charge is 0.413 e. The van der Waals surface area contributed by atoms with E-state index in [2.05, 4.69) is 5.32 Å². The highest BCUT2D eigenvalue weighted by Crippen LogP contribution is 2.35. The van der Waals surface area contributed by atoms with Crippen LogP contribution in [0.2, 0.25) is 0 Å². The molecule has 0 bridgehead atoms. The Morgan fingerprint density at radius 1 is 1.05 bits per heavy atom. The second-order valence-corrected chi connectivity index (χ2v) is 12.5. The van der Waals surface area contributed by atoms with Crippen LogP contribution >= 0.6 is 0 Å². The van der Waals surface area contributed by atoms with Gasteiger partial charge in [-0.2, -0.15) is 4.31 Å². The summed E-state index contributed by atoms with van der Waals surface area (Å²) >= 11 is 0. The minimum Gasteiger partial charge on any atom is -0.494 e.